The predicted octanol–water partition coefficient (Wildman–Crippen LogP) is 4.25. The third-order valence-corrected chi connectivity index (χ3v) is 7.75. The molecule has 0 fully saturated rings. The van der Waals surface area contributed by atoms with E-state index in [4.69, 9.17) is 21.4 Å². The summed E-state index contributed by atoms with van der Waals surface area (Å²) in [5.41, 5.74) is 1.42. The Hall–Kier alpha value is -2.95. The summed E-state index contributed by atoms with van der Waals surface area (Å²) in [7, 11) is -2.48. The van der Waals surface area contributed by atoms with Crippen molar-refractivity contribution in [3.05, 3.63) is 70.8 Å². The molecule has 33 heavy (non-hydrogen) atoms. The summed E-state index contributed by atoms with van der Waals surface area (Å²) in [6, 6.07) is 9.33. The average Bonchev–Trinajstić information content (AvgIpc) is 3.18. The van der Waals surface area contributed by atoms with Crippen LogP contribution in [0.15, 0.2) is 53.6 Å². The van der Waals surface area contributed by atoms with Crippen molar-refractivity contribution in [1.29, 1.82) is 0 Å². The van der Waals surface area contributed by atoms with Crippen LogP contribution in [0.5, 0.6) is 11.5 Å². The Bertz CT molecular complexity index is 1310. The third-order valence-electron chi connectivity index (χ3n) is 5.59. The lowest BCUT2D eigenvalue weighted by molar-refractivity contribution is -0.137. The predicted molar refractivity (Wildman–Crippen MR) is 118 cm³/mol. The van der Waals surface area contributed by atoms with E-state index in [0.29, 0.717) is 24.8 Å². The van der Waals surface area contributed by atoms with Gasteiger partial charge in [0.25, 0.3) is 0 Å². The number of benzene rings is 2. The third kappa shape index (κ3) is 4.59. The molecule has 8 nitrogen and oxygen atoms in total. The van der Waals surface area contributed by atoms with Gasteiger partial charge in [0.05, 0.1) is 22.2 Å². The van der Waals surface area contributed by atoms with Crippen molar-refractivity contribution in [2.24, 2.45) is 0 Å². The van der Waals surface area contributed by atoms with Gasteiger partial charge < -0.3 is 9.84 Å². The molecular weight excluding hydrogens is 473 g/mol. The number of halogens is 2. The Balaban J connectivity index is 1.60. The van der Waals surface area contributed by atoms with E-state index in [1.54, 1.807) is 6.07 Å². The molecule has 2 aromatic carbocycles. The van der Waals surface area contributed by atoms with Crippen LogP contribution >= 0.6 is 11.6 Å². The minimum Gasteiger partial charge on any atom is -0.480 e. The molecule has 0 aliphatic heterocycles. The van der Waals surface area contributed by atoms with Crippen molar-refractivity contribution >= 4 is 27.6 Å². The van der Waals surface area contributed by atoms with Crippen LogP contribution in [0.3, 0.4) is 0 Å². The van der Waals surface area contributed by atoms with Crippen LogP contribution in [0.2, 0.25) is 5.02 Å². The lowest BCUT2D eigenvalue weighted by atomic mass is 9.93. The summed E-state index contributed by atoms with van der Waals surface area (Å²) < 4.78 is 48.7. The van der Waals surface area contributed by atoms with Crippen molar-refractivity contribution in [1.82, 2.24) is 14.1 Å². The van der Waals surface area contributed by atoms with E-state index in [-0.39, 0.29) is 28.0 Å². The molecule has 1 N–H and O–H groups in total. The standard InChI is InChI=1S/C22H21ClFN3O5S/c1-26(18-6-4-7-19-15(18)12-25-27(19)13-22(28)29)33(30,31)14-9-10-20(16(23)11-14)32-21-8-3-2-5-17(21)24/h2-3,5,8-12,18H,4,6-7,13H2,1H3,(H,28,29)/t18-/m1/s1. The second kappa shape index (κ2) is 9.12. The Morgan fingerprint density at radius 1 is 1.30 bits per heavy atom. The van der Waals surface area contributed by atoms with E-state index in [1.807, 2.05) is 0 Å². The minimum absolute atomic E-state index is 0.0198. The van der Waals surface area contributed by atoms with Gasteiger partial charge in [0.2, 0.25) is 10.0 Å². The van der Waals surface area contributed by atoms with Gasteiger partial charge in [0.15, 0.2) is 11.6 Å². The number of ether oxygens (including phenoxy) is 1. The highest BCUT2D eigenvalue weighted by Gasteiger charge is 2.34. The molecular formula is C22H21ClFN3O5S. The largest absolute Gasteiger partial charge is 0.480 e. The number of carbonyl (C=O) groups is 1. The summed E-state index contributed by atoms with van der Waals surface area (Å²) in [4.78, 5) is 11.1. The summed E-state index contributed by atoms with van der Waals surface area (Å²) in [6.45, 7) is -0.280. The average molecular weight is 494 g/mol. The van der Waals surface area contributed by atoms with Gasteiger partial charge in [-0.2, -0.15) is 9.40 Å². The Morgan fingerprint density at radius 2 is 2.06 bits per heavy atom. The first kappa shape index (κ1) is 23.2. The molecule has 0 radical (unpaired) electrons. The van der Waals surface area contributed by atoms with Crippen LogP contribution in [0.4, 0.5) is 4.39 Å². The van der Waals surface area contributed by atoms with E-state index in [0.717, 1.165) is 5.69 Å². The molecule has 1 aliphatic rings. The van der Waals surface area contributed by atoms with Crippen LogP contribution in [-0.2, 0) is 27.8 Å². The van der Waals surface area contributed by atoms with Gasteiger partial charge in [-0.05, 0) is 49.6 Å². The first-order valence-electron chi connectivity index (χ1n) is 10.1. The first-order chi connectivity index (χ1) is 15.7. The molecule has 0 spiro atoms. The van der Waals surface area contributed by atoms with Crippen molar-refractivity contribution < 1.29 is 27.4 Å². The molecule has 11 heteroatoms. The fourth-order valence-electron chi connectivity index (χ4n) is 3.94. The maximum atomic E-state index is 13.9. The van der Waals surface area contributed by atoms with E-state index < -0.39 is 27.9 Å². The number of hydrogen-bond acceptors (Lipinski definition) is 5. The van der Waals surface area contributed by atoms with Crippen molar-refractivity contribution in [2.75, 3.05) is 7.05 Å². The fourth-order valence-corrected chi connectivity index (χ4v) is 5.62. The molecule has 1 heterocycles. The number of fused-ring (bicyclic) bond motifs is 1. The highest BCUT2D eigenvalue weighted by molar-refractivity contribution is 7.89. The van der Waals surface area contributed by atoms with Crippen LogP contribution in [0, 0.1) is 5.82 Å². The van der Waals surface area contributed by atoms with Crippen molar-refractivity contribution in [3.8, 4) is 11.5 Å². The number of rotatable bonds is 7. The zero-order chi connectivity index (χ0) is 23.8. The van der Waals surface area contributed by atoms with E-state index in [9.17, 15) is 17.6 Å². The van der Waals surface area contributed by atoms with Gasteiger partial charge in [0, 0.05) is 18.3 Å². The summed E-state index contributed by atoms with van der Waals surface area (Å²) in [6.07, 6.45) is 3.43. The molecule has 0 saturated carbocycles. The van der Waals surface area contributed by atoms with E-state index >= 15 is 0 Å². The number of carboxylic acids is 1. The first-order valence-corrected chi connectivity index (χ1v) is 12.0. The van der Waals surface area contributed by atoms with Crippen LogP contribution < -0.4 is 4.74 Å². The van der Waals surface area contributed by atoms with Gasteiger partial charge in [-0.25, -0.2) is 12.8 Å². The van der Waals surface area contributed by atoms with E-state index in [2.05, 4.69) is 5.10 Å². The van der Waals surface area contributed by atoms with Crippen molar-refractivity contribution in [2.45, 2.75) is 36.7 Å². The second-order valence-corrected chi connectivity index (χ2v) is 10.1. The zero-order valence-corrected chi connectivity index (χ0v) is 19.2. The highest BCUT2D eigenvalue weighted by Crippen LogP contribution is 2.38. The normalized spacial score (nSPS) is 15.9. The topological polar surface area (TPSA) is 102 Å². The van der Waals surface area contributed by atoms with Gasteiger partial charge in [-0.15, -0.1) is 0 Å². The van der Waals surface area contributed by atoms with Gasteiger partial charge in [-0.1, -0.05) is 23.7 Å². The molecule has 1 aliphatic carbocycles. The molecule has 1 aromatic heterocycles. The number of carboxylic acid groups (broad SMARTS) is 1. The monoisotopic (exact) mass is 493 g/mol. The van der Waals surface area contributed by atoms with Crippen LogP contribution in [0.1, 0.15) is 30.1 Å². The molecule has 4 rings (SSSR count). The maximum Gasteiger partial charge on any atom is 0.325 e. The molecule has 3 aromatic rings. The fraction of sp³-hybridized carbons (Fsp3) is 0.273. The van der Waals surface area contributed by atoms with Crippen molar-refractivity contribution in [3.63, 3.8) is 0 Å². The number of aliphatic carboxylic acids is 1. The number of nitrogens with zero attached hydrogens (tertiary/aromatic N) is 3. The number of para-hydroxylation sites is 1. The molecule has 0 bridgehead atoms. The lowest BCUT2D eigenvalue weighted by Crippen LogP contribution is -2.33. The Labute approximate surface area is 195 Å². The van der Waals surface area contributed by atoms with E-state index in [1.165, 1.54) is 58.6 Å². The molecule has 0 saturated heterocycles. The van der Waals surface area contributed by atoms with Crippen LogP contribution in [0.25, 0.3) is 0 Å². The number of sulfonamides is 1. The summed E-state index contributed by atoms with van der Waals surface area (Å²) in [5.74, 6) is -1.49. The smallest absolute Gasteiger partial charge is 0.325 e. The summed E-state index contributed by atoms with van der Waals surface area (Å²) >= 11 is 6.26. The molecule has 0 unspecified atom stereocenters. The molecule has 0 amide bonds. The quantitative estimate of drug-likeness (QED) is 0.528. The minimum atomic E-state index is -3.95. The highest BCUT2D eigenvalue weighted by atomic mass is 35.5. The molecule has 174 valence electrons. The van der Waals surface area contributed by atoms with Gasteiger partial charge in [0.1, 0.15) is 12.3 Å². The summed E-state index contributed by atoms with van der Waals surface area (Å²) in [5, 5.41) is 13.2. The lowest BCUT2D eigenvalue weighted by Gasteiger charge is -2.31. The molecule has 1 atom stereocenters. The maximum absolute atomic E-state index is 13.9. The van der Waals surface area contributed by atoms with Gasteiger partial charge >= 0.3 is 5.97 Å². The number of hydrogen-bond donors (Lipinski definition) is 1. The number of aromatic nitrogens is 2. The Morgan fingerprint density at radius 3 is 2.76 bits per heavy atom. The van der Waals surface area contributed by atoms with Crippen LogP contribution in [-0.4, -0.2) is 40.6 Å². The Kier molecular flexibility index (Phi) is 6.42. The SMILES string of the molecule is CN([C@@H]1CCCc2c1cnn2CC(=O)O)S(=O)(=O)c1ccc(Oc2ccccc2F)c(Cl)c1. The van der Waals surface area contributed by atoms with Gasteiger partial charge in [-0.3, -0.25) is 9.48 Å². The second-order valence-electron chi connectivity index (χ2n) is 7.65. The zero-order valence-electron chi connectivity index (χ0n) is 17.6.